The van der Waals surface area contributed by atoms with E-state index in [0.29, 0.717) is 31.1 Å². The molecule has 0 aromatic heterocycles. The number of hydrogen-bond donors (Lipinski definition) is 0. The summed E-state index contributed by atoms with van der Waals surface area (Å²) in [5.74, 6) is 1.35. The molecule has 0 spiro atoms. The van der Waals surface area contributed by atoms with E-state index < -0.39 is 23.0 Å². The fourth-order valence-corrected chi connectivity index (χ4v) is 9.63. The predicted octanol–water partition coefficient (Wildman–Crippen LogP) is 9.84. The summed E-state index contributed by atoms with van der Waals surface area (Å²) in [6.45, 7) is 31.0. The van der Waals surface area contributed by atoms with Crippen LogP contribution >= 0.6 is 0 Å². The number of fused-ring (bicyclic) bond motifs is 2. The van der Waals surface area contributed by atoms with Crippen molar-refractivity contribution in [2.24, 2.45) is 33.5 Å². The first-order valence-electron chi connectivity index (χ1n) is 19.2. The van der Waals surface area contributed by atoms with Gasteiger partial charge in [0.05, 0.1) is 12.2 Å². The van der Waals surface area contributed by atoms with Gasteiger partial charge in [0.2, 0.25) is 0 Å². The number of carbonyl (C=O) groups is 4. The molecule has 0 heterocycles. The van der Waals surface area contributed by atoms with Gasteiger partial charge < -0.3 is 23.7 Å². The molecule has 0 saturated heterocycles. The summed E-state index contributed by atoms with van der Waals surface area (Å²) in [5, 5.41) is 0. The molecule has 0 radical (unpaired) electrons. The van der Waals surface area contributed by atoms with E-state index in [9.17, 15) is 19.2 Å². The first-order valence-corrected chi connectivity index (χ1v) is 19.2. The highest BCUT2D eigenvalue weighted by Gasteiger charge is 2.54. The van der Waals surface area contributed by atoms with Crippen molar-refractivity contribution in [2.75, 3.05) is 27.8 Å². The Hall–Kier alpha value is -3.04. The molecule has 8 atom stereocenters. The van der Waals surface area contributed by atoms with Gasteiger partial charge in [-0.05, 0) is 82.3 Å². The van der Waals surface area contributed by atoms with E-state index in [0.717, 1.165) is 67.1 Å². The van der Waals surface area contributed by atoms with Crippen molar-refractivity contribution in [2.45, 2.75) is 132 Å². The lowest BCUT2D eigenvalue weighted by Crippen LogP contribution is -2.43. The van der Waals surface area contributed by atoms with Crippen LogP contribution in [0.25, 0.3) is 0 Å². The monoisotopic (exact) mass is 751 g/mol. The topological polar surface area (TPSA) is 105 Å². The van der Waals surface area contributed by atoms with Crippen molar-refractivity contribution < 1.29 is 38.1 Å². The average molecular weight is 751 g/mol. The van der Waals surface area contributed by atoms with E-state index in [1.807, 2.05) is 13.8 Å². The van der Waals surface area contributed by atoms with Gasteiger partial charge in [-0.25, -0.2) is 0 Å². The highest BCUT2D eigenvalue weighted by atomic mass is 16.7. The first kappa shape index (κ1) is 47.1. The smallest absolute Gasteiger partial charge is 0.159 e. The number of allylic oxidation sites excluding steroid dienone is 4. The van der Waals surface area contributed by atoms with E-state index in [2.05, 4.69) is 54.0 Å². The first-order chi connectivity index (χ1) is 24.9. The second kappa shape index (κ2) is 19.2. The van der Waals surface area contributed by atoms with Crippen molar-refractivity contribution in [3.8, 4) is 0 Å². The van der Waals surface area contributed by atoms with Crippen molar-refractivity contribution in [3.05, 3.63) is 71.9 Å². The molecule has 0 aliphatic heterocycles. The highest BCUT2D eigenvalue weighted by molar-refractivity contribution is 6.01. The summed E-state index contributed by atoms with van der Waals surface area (Å²) >= 11 is 0. The molecule has 2 fully saturated rings. The van der Waals surface area contributed by atoms with Crippen LogP contribution in [0.3, 0.4) is 0 Å². The van der Waals surface area contributed by atoms with Crippen LogP contribution in [0.4, 0.5) is 0 Å². The molecule has 0 aromatic rings. The van der Waals surface area contributed by atoms with Crippen LogP contribution in [0.1, 0.15) is 120 Å². The van der Waals surface area contributed by atoms with Crippen LogP contribution < -0.4 is 0 Å². The van der Waals surface area contributed by atoms with Gasteiger partial charge >= 0.3 is 0 Å². The molecule has 4 aliphatic carbocycles. The Morgan fingerprint density at radius 3 is 1.52 bits per heavy atom. The van der Waals surface area contributed by atoms with Gasteiger partial charge in [-0.1, -0.05) is 71.6 Å². The second-order valence-corrected chi connectivity index (χ2v) is 16.6. The normalized spacial score (nSPS) is 28.2. The third-order valence-electron chi connectivity index (χ3n) is 13.2. The molecule has 0 N–H and O–H groups in total. The fraction of sp³-hybridized carbons (Fsp3) is 0.652. The molecule has 54 heavy (non-hydrogen) atoms. The van der Waals surface area contributed by atoms with Gasteiger partial charge in [0, 0.05) is 72.7 Å². The Morgan fingerprint density at radius 1 is 0.796 bits per heavy atom. The number of aldehydes is 1. The van der Waals surface area contributed by atoms with Gasteiger partial charge in [0.25, 0.3) is 0 Å². The zero-order valence-corrected chi connectivity index (χ0v) is 34.1. The number of rotatable bonds is 18. The summed E-state index contributed by atoms with van der Waals surface area (Å²) in [6, 6.07) is 0. The quantitative estimate of drug-likeness (QED) is 0.0775. The molecule has 8 heteroatoms. The van der Waals surface area contributed by atoms with Gasteiger partial charge in [-0.2, -0.15) is 0 Å². The van der Waals surface area contributed by atoms with Gasteiger partial charge in [-0.15, -0.1) is 13.2 Å². The van der Waals surface area contributed by atoms with E-state index in [1.54, 1.807) is 33.3 Å². The molecule has 0 bridgehead atoms. The van der Waals surface area contributed by atoms with E-state index in [-0.39, 0.29) is 55.6 Å². The lowest BCUT2D eigenvalue weighted by Gasteiger charge is -2.46. The van der Waals surface area contributed by atoms with Crippen LogP contribution in [0.15, 0.2) is 71.9 Å². The Morgan fingerprint density at radius 2 is 1.19 bits per heavy atom. The van der Waals surface area contributed by atoms with Crippen LogP contribution in [0.2, 0.25) is 0 Å². The fourth-order valence-electron chi connectivity index (χ4n) is 9.63. The zero-order valence-electron chi connectivity index (χ0n) is 34.1. The standard InChI is InChI=1S/C23H34O4.C22H32O4.CH4/c1-8-22(6,13-16(3)24)21(27-14-26-7)18(5)23-11-9-15(2)17(4)20(23)19(25)10-12-23;1-7-21(5,12-13-23)20(26-14-25-6)17(4)22-10-8-15(2)16(3)19(22)18(24)9-11-22;/h8,15,21H,1,5,9-14H2,2-4,6-7H3;7,13,15,20H,1,4,8-12,14H2,2-3,5-6H3;1H4/t15-,21+,22+,23+;15-,20+,21-,22+;/m11./s1. The maximum atomic E-state index is 12.8. The molecular weight excluding hydrogens is 680 g/mol. The summed E-state index contributed by atoms with van der Waals surface area (Å²) < 4.78 is 22.4. The molecule has 4 aliphatic rings. The number of carbonyl (C=O) groups excluding carboxylic acids is 4. The number of ether oxygens (including phenoxy) is 4. The van der Waals surface area contributed by atoms with Crippen LogP contribution in [0, 0.1) is 33.5 Å². The summed E-state index contributed by atoms with van der Waals surface area (Å²) in [7, 11) is 3.14. The third kappa shape index (κ3) is 8.98. The van der Waals surface area contributed by atoms with E-state index in [4.69, 9.17) is 18.9 Å². The van der Waals surface area contributed by atoms with Crippen molar-refractivity contribution >= 4 is 23.6 Å². The SMILES string of the molecule is C.C=C[C@@](C)(CC(C)=O)[C@@H](OCOC)C(=C)[C@]12CCC(=O)C1=C(C)[C@H](C)CC2.C=C[C@](C)(CC=O)[C@@H](OCOC)C(=C)[C@]12CCC(=O)C1=C(C)[C@H](C)CC2. The Labute approximate surface area is 326 Å². The van der Waals surface area contributed by atoms with Crippen LogP contribution in [-0.2, 0) is 38.1 Å². The number of methoxy groups -OCH3 is 2. The lowest BCUT2D eigenvalue weighted by molar-refractivity contribution is -0.125. The van der Waals surface area contributed by atoms with Crippen molar-refractivity contribution in [3.63, 3.8) is 0 Å². The zero-order chi connectivity index (χ0) is 39.9. The van der Waals surface area contributed by atoms with E-state index in [1.165, 1.54) is 11.1 Å². The molecule has 2 saturated carbocycles. The predicted molar refractivity (Wildman–Crippen MR) is 217 cm³/mol. The van der Waals surface area contributed by atoms with Gasteiger partial charge in [0.1, 0.15) is 25.7 Å². The molecule has 0 unspecified atom stereocenters. The molecular formula is C46H70O8. The summed E-state index contributed by atoms with van der Waals surface area (Å²) in [6.07, 6.45) is 10.6. The lowest BCUT2D eigenvalue weighted by atomic mass is 9.60. The average Bonchev–Trinajstić information content (AvgIpc) is 3.66. The number of Topliss-reactive ketones (excluding diaryl/α,β-unsaturated/α-hetero) is 3. The molecule has 0 amide bonds. The minimum atomic E-state index is -0.607. The maximum Gasteiger partial charge on any atom is 0.159 e. The Kier molecular flexibility index (Phi) is 16.8. The van der Waals surface area contributed by atoms with Gasteiger partial charge in [0.15, 0.2) is 11.6 Å². The molecule has 8 nitrogen and oxygen atoms in total. The van der Waals surface area contributed by atoms with Crippen LogP contribution in [0.5, 0.6) is 0 Å². The third-order valence-corrected chi connectivity index (χ3v) is 13.2. The number of ketones is 3. The largest absolute Gasteiger partial charge is 0.359 e. The minimum Gasteiger partial charge on any atom is -0.359 e. The van der Waals surface area contributed by atoms with E-state index >= 15 is 0 Å². The van der Waals surface area contributed by atoms with Crippen molar-refractivity contribution in [1.29, 1.82) is 0 Å². The van der Waals surface area contributed by atoms with Crippen molar-refractivity contribution in [1.82, 2.24) is 0 Å². The van der Waals surface area contributed by atoms with Crippen LogP contribution in [-0.4, -0.2) is 63.6 Å². The van der Waals surface area contributed by atoms with Gasteiger partial charge in [-0.3, -0.25) is 14.4 Å². The minimum absolute atomic E-state index is 0. The highest BCUT2D eigenvalue weighted by Crippen LogP contribution is 2.59. The maximum absolute atomic E-state index is 12.8. The molecule has 302 valence electrons. The molecule has 4 rings (SSSR count). The number of hydrogen-bond acceptors (Lipinski definition) is 8. The molecule has 0 aromatic carbocycles. The summed E-state index contributed by atoms with van der Waals surface area (Å²) in [4.78, 5) is 48.7. The Balaban J connectivity index is 0.000000367. The second-order valence-electron chi connectivity index (χ2n) is 16.6. The Bertz CT molecular complexity index is 1530. The summed E-state index contributed by atoms with van der Waals surface area (Å²) in [5.41, 5.74) is 4.07.